The third-order valence-corrected chi connectivity index (χ3v) is 6.78. The van der Waals surface area contributed by atoms with Gasteiger partial charge in [0.25, 0.3) is 5.91 Å². The summed E-state index contributed by atoms with van der Waals surface area (Å²) in [5.41, 5.74) is 1.41. The molecule has 1 amide bonds. The van der Waals surface area contributed by atoms with E-state index < -0.39 is 0 Å². The molecule has 0 unspecified atom stereocenters. The van der Waals surface area contributed by atoms with E-state index in [0.717, 1.165) is 29.8 Å². The molecule has 6 nitrogen and oxygen atoms in total. The summed E-state index contributed by atoms with van der Waals surface area (Å²) in [5.74, 6) is 0.877. The number of imidazole rings is 1. The monoisotopic (exact) mass is 449 g/mol. The van der Waals surface area contributed by atoms with Crippen molar-refractivity contribution >= 4 is 5.91 Å². The number of piperidine rings is 1. The number of ether oxygens (including phenoxy) is 2. The third-order valence-electron chi connectivity index (χ3n) is 6.78. The molecule has 2 aromatic carbocycles. The van der Waals surface area contributed by atoms with Crippen molar-refractivity contribution in [1.82, 2.24) is 14.5 Å². The molecule has 1 aromatic heterocycles. The van der Waals surface area contributed by atoms with E-state index in [4.69, 9.17) is 9.47 Å². The maximum absolute atomic E-state index is 13.9. The minimum absolute atomic E-state index is 0.0513. The first-order valence-corrected chi connectivity index (χ1v) is 11.4. The lowest BCUT2D eigenvalue weighted by Gasteiger charge is -2.38. The first-order chi connectivity index (χ1) is 16.0. The van der Waals surface area contributed by atoms with Crippen molar-refractivity contribution in [2.45, 2.75) is 44.4 Å². The van der Waals surface area contributed by atoms with Crippen molar-refractivity contribution in [1.29, 1.82) is 0 Å². The van der Waals surface area contributed by atoms with Crippen molar-refractivity contribution in [3.05, 3.63) is 83.7 Å². The van der Waals surface area contributed by atoms with Gasteiger partial charge in [0.1, 0.15) is 11.9 Å². The molecule has 3 heterocycles. The zero-order valence-corrected chi connectivity index (χ0v) is 18.7. The molecule has 33 heavy (non-hydrogen) atoms. The van der Waals surface area contributed by atoms with Crippen LogP contribution in [0.25, 0.3) is 0 Å². The fraction of sp³-hybridized carbons (Fsp3) is 0.385. The molecule has 2 aliphatic heterocycles. The standard InChI is InChI=1S/C26H28FN3O3/c1-19-28-12-15-30(19)17-20-6-2-3-7-22(20)25(31)29-13-10-26(11-14-29)16-21(18-32-26)33-24-9-5-4-8-23(24)27/h2-9,12,15,21H,10-11,13-14,16-18H2,1H3/t21-/m0/s1. The minimum atomic E-state index is -0.358. The van der Waals surface area contributed by atoms with Crippen LogP contribution in [0.4, 0.5) is 4.39 Å². The van der Waals surface area contributed by atoms with Crippen LogP contribution >= 0.6 is 0 Å². The quantitative estimate of drug-likeness (QED) is 0.585. The molecule has 3 aromatic rings. The minimum Gasteiger partial charge on any atom is -0.485 e. The molecule has 1 spiro atoms. The van der Waals surface area contributed by atoms with Crippen molar-refractivity contribution in [2.75, 3.05) is 19.7 Å². The van der Waals surface area contributed by atoms with Gasteiger partial charge in [0.15, 0.2) is 11.6 Å². The number of para-hydroxylation sites is 1. The van der Waals surface area contributed by atoms with Gasteiger partial charge in [0.2, 0.25) is 0 Å². The molecule has 2 fully saturated rings. The lowest BCUT2D eigenvalue weighted by Crippen LogP contribution is -2.46. The smallest absolute Gasteiger partial charge is 0.254 e. The van der Waals surface area contributed by atoms with Crippen LogP contribution in [0.2, 0.25) is 0 Å². The highest BCUT2D eigenvalue weighted by Gasteiger charge is 2.44. The molecule has 5 rings (SSSR count). The van der Waals surface area contributed by atoms with Gasteiger partial charge in [-0.25, -0.2) is 9.37 Å². The normalized spacial score (nSPS) is 19.7. The van der Waals surface area contributed by atoms with Crippen LogP contribution in [0.5, 0.6) is 5.75 Å². The number of aryl methyl sites for hydroxylation is 1. The van der Waals surface area contributed by atoms with Crippen LogP contribution in [0.3, 0.4) is 0 Å². The van der Waals surface area contributed by atoms with Crippen molar-refractivity contribution in [3.63, 3.8) is 0 Å². The number of rotatable bonds is 5. The summed E-state index contributed by atoms with van der Waals surface area (Å²) in [4.78, 5) is 19.6. The number of likely N-dealkylation sites (tertiary alicyclic amines) is 1. The Balaban J connectivity index is 1.22. The fourth-order valence-corrected chi connectivity index (χ4v) is 4.86. The second-order valence-corrected chi connectivity index (χ2v) is 8.92. The molecule has 0 bridgehead atoms. The molecule has 2 saturated heterocycles. The number of hydrogen-bond acceptors (Lipinski definition) is 4. The number of nitrogens with zero attached hydrogens (tertiary/aromatic N) is 3. The van der Waals surface area contributed by atoms with Crippen LogP contribution in [0.15, 0.2) is 60.9 Å². The maximum atomic E-state index is 13.9. The summed E-state index contributed by atoms with van der Waals surface area (Å²) in [6.45, 7) is 4.27. The summed E-state index contributed by atoms with van der Waals surface area (Å²) < 4.78 is 28.0. The second-order valence-electron chi connectivity index (χ2n) is 8.92. The summed E-state index contributed by atoms with van der Waals surface area (Å²) in [7, 11) is 0. The summed E-state index contributed by atoms with van der Waals surface area (Å²) in [6, 6.07) is 14.2. The molecule has 172 valence electrons. The molecule has 0 saturated carbocycles. The van der Waals surface area contributed by atoms with Gasteiger partial charge >= 0.3 is 0 Å². The summed E-state index contributed by atoms with van der Waals surface area (Å²) >= 11 is 0. The maximum Gasteiger partial charge on any atom is 0.254 e. The van der Waals surface area contributed by atoms with Crippen molar-refractivity contribution < 1.29 is 18.7 Å². The van der Waals surface area contributed by atoms with E-state index in [1.807, 2.05) is 46.9 Å². The van der Waals surface area contributed by atoms with Crippen LogP contribution in [-0.2, 0) is 11.3 Å². The zero-order valence-electron chi connectivity index (χ0n) is 18.7. The van der Waals surface area contributed by atoms with Crippen LogP contribution in [0.1, 0.15) is 41.0 Å². The Kier molecular flexibility index (Phi) is 5.89. The Hall–Kier alpha value is -3.19. The molecule has 0 aliphatic carbocycles. The molecule has 1 atom stereocenters. The topological polar surface area (TPSA) is 56.6 Å². The second kappa shape index (κ2) is 8.98. The van der Waals surface area contributed by atoms with E-state index in [9.17, 15) is 9.18 Å². The number of carbonyl (C=O) groups is 1. The lowest BCUT2D eigenvalue weighted by atomic mass is 9.87. The highest BCUT2D eigenvalue weighted by Crippen LogP contribution is 2.38. The van der Waals surface area contributed by atoms with E-state index in [1.165, 1.54) is 6.07 Å². The van der Waals surface area contributed by atoms with Crippen LogP contribution in [-0.4, -0.2) is 51.8 Å². The fourth-order valence-electron chi connectivity index (χ4n) is 4.86. The molecule has 2 aliphatic rings. The number of benzene rings is 2. The molecule has 0 radical (unpaired) electrons. The highest BCUT2D eigenvalue weighted by molar-refractivity contribution is 5.95. The number of hydrogen-bond donors (Lipinski definition) is 0. The predicted molar refractivity (Wildman–Crippen MR) is 122 cm³/mol. The van der Waals surface area contributed by atoms with Crippen LogP contribution < -0.4 is 4.74 Å². The Labute approximate surface area is 193 Å². The first-order valence-electron chi connectivity index (χ1n) is 11.4. The Morgan fingerprint density at radius 1 is 1.18 bits per heavy atom. The Morgan fingerprint density at radius 3 is 2.70 bits per heavy atom. The van der Waals surface area contributed by atoms with Gasteiger partial charge in [0.05, 0.1) is 12.2 Å². The molecule has 7 heteroatoms. The van der Waals surface area contributed by atoms with Crippen molar-refractivity contribution in [3.8, 4) is 5.75 Å². The average molecular weight is 450 g/mol. The number of carbonyl (C=O) groups excluding carboxylic acids is 1. The largest absolute Gasteiger partial charge is 0.485 e. The Bertz CT molecular complexity index is 1140. The lowest BCUT2D eigenvalue weighted by molar-refractivity contribution is -0.0396. The summed E-state index contributed by atoms with van der Waals surface area (Å²) in [5, 5.41) is 0. The molecular weight excluding hydrogens is 421 g/mol. The van der Waals surface area contributed by atoms with Gasteiger partial charge in [-0.3, -0.25) is 4.79 Å². The third kappa shape index (κ3) is 4.50. The highest BCUT2D eigenvalue weighted by atomic mass is 19.1. The predicted octanol–water partition coefficient (Wildman–Crippen LogP) is 4.22. The van der Waals surface area contributed by atoms with Crippen molar-refractivity contribution in [2.24, 2.45) is 0 Å². The van der Waals surface area contributed by atoms with E-state index in [0.29, 0.717) is 32.7 Å². The SMILES string of the molecule is Cc1nccn1Cc1ccccc1C(=O)N1CCC2(CC1)C[C@H](Oc1ccccc1F)CO2. The van der Waals surface area contributed by atoms with E-state index >= 15 is 0 Å². The molecule has 0 N–H and O–H groups in total. The van der Waals surface area contributed by atoms with E-state index in [-0.39, 0.29) is 29.2 Å². The number of halogens is 1. The van der Waals surface area contributed by atoms with Gasteiger partial charge in [0, 0.05) is 44.0 Å². The van der Waals surface area contributed by atoms with E-state index in [2.05, 4.69) is 4.98 Å². The molecular formula is C26H28FN3O3. The Morgan fingerprint density at radius 2 is 1.94 bits per heavy atom. The number of aromatic nitrogens is 2. The van der Waals surface area contributed by atoms with E-state index in [1.54, 1.807) is 24.4 Å². The average Bonchev–Trinajstić information content (AvgIpc) is 3.42. The van der Waals surface area contributed by atoms with Gasteiger partial charge in [-0.05, 0) is 43.5 Å². The van der Waals surface area contributed by atoms with Crippen LogP contribution in [0, 0.1) is 12.7 Å². The first kappa shape index (κ1) is 21.6. The van der Waals surface area contributed by atoms with Gasteiger partial charge < -0.3 is 18.9 Å². The zero-order chi connectivity index (χ0) is 22.8. The number of amides is 1. The van der Waals surface area contributed by atoms with Gasteiger partial charge in [-0.15, -0.1) is 0 Å². The van der Waals surface area contributed by atoms with Gasteiger partial charge in [-0.1, -0.05) is 30.3 Å². The van der Waals surface area contributed by atoms with Gasteiger partial charge in [-0.2, -0.15) is 0 Å². The summed E-state index contributed by atoms with van der Waals surface area (Å²) in [6.07, 6.45) is 5.73.